The standard InChI is InChI=1S/C13H10ClN5O3/c14-11-3-2-10(6-12(11)19(21)22)18-13(20)9(7-16)8-17-5-1-4-15/h2-3,6,8,17H,1,5H2,(H,18,20)/b9-8-. The van der Waals surface area contributed by atoms with Crippen LogP contribution in [0.4, 0.5) is 11.4 Å². The zero-order valence-corrected chi connectivity index (χ0v) is 11.9. The Morgan fingerprint density at radius 2 is 2.18 bits per heavy atom. The molecule has 0 spiro atoms. The van der Waals surface area contributed by atoms with Crippen molar-refractivity contribution in [3.05, 3.63) is 45.1 Å². The molecule has 0 saturated heterocycles. The van der Waals surface area contributed by atoms with Crippen LogP contribution < -0.4 is 10.6 Å². The Hall–Kier alpha value is -3.10. The zero-order chi connectivity index (χ0) is 16.5. The van der Waals surface area contributed by atoms with E-state index in [-0.39, 0.29) is 28.4 Å². The van der Waals surface area contributed by atoms with Crippen molar-refractivity contribution < 1.29 is 9.72 Å². The third-order valence-electron chi connectivity index (χ3n) is 2.39. The number of anilines is 1. The second kappa shape index (κ2) is 8.25. The molecular weight excluding hydrogens is 310 g/mol. The fourth-order valence-electron chi connectivity index (χ4n) is 1.38. The molecule has 1 amide bonds. The van der Waals surface area contributed by atoms with Crippen LogP contribution in [-0.2, 0) is 4.79 Å². The molecule has 0 unspecified atom stereocenters. The maximum atomic E-state index is 11.9. The van der Waals surface area contributed by atoms with Crippen LogP contribution in [0.5, 0.6) is 0 Å². The third kappa shape index (κ3) is 4.78. The number of halogens is 1. The Morgan fingerprint density at radius 1 is 1.45 bits per heavy atom. The van der Waals surface area contributed by atoms with Crippen LogP contribution in [0.2, 0.25) is 5.02 Å². The largest absolute Gasteiger partial charge is 0.389 e. The Balaban J connectivity index is 2.83. The zero-order valence-electron chi connectivity index (χ0n) is 11.2. The number of nitrogens with one attached hydrogen (secondary N) is 2. The lowest BCUT2D eigenvalue weighted by molar-refractivity contribution is -0.384. The number of nitrogens with zero attached hydrogens (tertiary/aromatic N) is 3. The van der Waals surface area contributed by atoms with Crippen molar-refractivity contribution in [1.29, 1.82) is 10.5 Å². The molecule has 22 heavy (non-hydrogen) atoms. The van der Waals surface area contributed by atoms with E-state index in [1.165, 1.54) is 18.3 Å². The molecule has 8 nitrogen and oxygen atoms in total. The van der Waals surface area contributed by atoms with Crippen LogP contribution in [0.15, 0.2) is 30.0 Å². The summed E-state index contributed by atoms with van der Waals surface area (Å²) in [5.41, 5.74) is -0.441. The van der Waals surface area contributed by atoms with Crippen LogP contribution >= 0.6 is 11.6 Å². The lowest BCUT2D eigenvalue weighted by Gasteiger charge is -2.05. The number of nitriles is 2. The van der Waals surface area contributed by atoms with E-state index in [4.69, 9.17) is 22.1 Å². The molecule has 0 saturated carbocycles. The van der Waals surface area contributed by atoms with Gasteiger partial charge in [-0.05, 0) is 12.1 Å². The minimum absolute atomic E-state index is 0.0581. The third-order valence-corrected chi connectivity index (χ3v) is 2.71. The van der Waals surface area contributed by atoms with Gasteiger partial charge in [-0.3, -0.25) is 14.9 Å². The van der Waals surface area contributed by atoms with Gasteiger partial charge in [0.1, 0.15) is 16.7 Å². The SMILES string of the molecule is N#CCCN/C=C(/C#N)C(=O)Nc1ccc(Cl)c([N+](=O)[O-])c1. The summed E-state index contributed by atoms with van der Waals surface area (Å²) in [6.07, 6.45) is 1.40. The summed E-state index contributed by atoms with van der Waals surface area (Å²) in [5.74, 6) is -0.733. The number of hydrogen-bond donors (Lipinski definition) is 2. The van der Waals surface area contributed by atoms with Crippen molar-refractivity contribution in [1.82, 2.24) is 5.32 Å². The molecule has 0 heterocycles. The molecule has 1 rings (SSSR count). The van der Waals surface area contributed by atoms with E-state index in [1.54, 1.807) is 6.07 Å². The van der Waals surface area contributed by atoms with Gasteiger partial charge in [0, 0.05) is 24.5 Å². The molecule has 9 heteroatoms. The fourth-order valence-corrected chi connectivity index (χ4v) is 1.57. The van der Waals surface area contributed by atoms with Gasteiger partial charge in [0.15, 0.2) is 0 Å². The maximum absolute atomic E-state index is 11.9. The summed E-state index contributed by atoms with van der Waals surface area (Å²) >= 11 is 5.66. The van der Waals surface area contributed by atoms with Crippen molar-refractivity contribution in [2.45, 2.75) is 6.42 Å². The maximum Gasteiger partial charge on any atom is 0.289 e. The highest BCUT2D eigenvalue weighted by molar-refractivity contribution is 6.32. The number of carbonyl (C=O) groups is 1. The normalized spacial score (nSPS) is 10.2. The number of carbonyl (C=O) groups excluding carboxylic acids is 1. The summed E-state index contributed by atoms with van der Waals surface area (Å²) in [6, 6.07) is 7.34. The van der Waals surface area contributed by atoms with E-state index < -0.39 is 10.8 Å². The minimum Gasteiger partial charge on any atom is -0.389 e. The Bertz CT molecular complexity index is 703. The predicted octanol–water partition coefficient (Wildman–Crippen LogP) is 2.10. The number of rotatable bonds is 6. The van der Waals surface area contributed by atoms with Gasteiger partial charge in [0.25, 0.3) is 11.6 Å². The van der Waals surface area contributed by atoms with Crippen LogP contribution in [-0.4, -0.2) is 17.4 Å². The molecular formula is C13H10ClN5O3. The van der Waals surface area contributed by atoms with E-state index in [9.17, 15) is 14.9 Å². The van der Waals surface area contributed by atoms with Crippen LogP contribution in [0, 0.1) is 32.8 Å². The van der Waals surface area contributed by atoms with Gasteiger partial charge >= 0.3 is 0 Å². The lowest BCUT2D eigenvalue weighted by atomic mass is 10.2. The van der Waals surface area contributed by atoms with Crippen molar-refractivity contribution in [3.63, 3.8) is 0 Å². The van der Waals surface area contributed by atoms with E-state index >= 15 is 0 Å². The van der Waals surface area contributed by atoms with E-state index in [1.807, 2.05) is 6.07 Å². The molecule has 1 aromatic carbocycles. The topological polar surface area (TPSA) is 132 Å². The first-order valence-electron chi connectivity index (χ1n) is 5.95. The number of amides is 1. The van der Waals surface area contributed by atoms with E-state index in [0.29, 0.717) is 6.54 Å². The monoisotopic (exact) mass is 319 g/mol. The number of hydrogen-bond acceptors (Lipinski definition) is 6. The van der Waals surface area contributed by atoms with Crippen LogP contribution in [0.3, 0.4) is 0 Å². The fraction of sp³-hybridized carbons (Fsp3) is 0.154. The van der Waals surface area contributed by atoms with E-state index in [2.05, 4.69) is 10.6 Å². The second-order valence-corrected chi connectivity index (χ2v) is 4.32. The molecule has 2 N–H and O–H groups in total. The van der Waals surface area contributed by atoms with Gasteiger partial charge in [0.2, 0.25) is 0 Å². The Labute approximate surface area is 130 Å². The summed E-state index contributed by atoms with van der Waals surface area (Å²) in [4.78, 5) is 21.9. The number of benzene rings is 1. The highest BCUT2D eigenvalue weighted by Crippen LogP contribution is 2.27. The Kier molecular flexibility index (Phi) is 6.35. The van der Waals surface area contributed by atoms with Crippen molar-refractivity contribution in [2.24, 2.45) is 0 Å². The molecule has 0 aliphatic heterocycles. The lowest BCUT2D eigenvalue weighted by Crippen LogP contribution is -2.17. The molecule has 112 valence electrons. The van der Waals surface area contributed by atoms with Gasteiger partial charge in [-0.1, -0.05) is 11.6 Å². The average Bonchev–Trinajstić information content (AvgIpc) is 2.49. The average molecular weight is 320 g/mol. The first-order valence-corrected chi connectivity index (χ1v) is 6.33. The summed E-state index contributed by atoms with van der Waals surface area (Å²) < 4.78 is 0. The van der Waals surface area contributed by atoms with Crippen molar-refractivity contribution >= 4 is 28.9 Å². The van der Waals surface area contributed by atoms with E-state index in [0.717, 1.165) is 6.07 Å². The first kappa shape index (κ1) is 17.0. The van der Waals surface area contributed by atoms with Crippen LogP contribution in [0.1, 0.15) is 6.42 Å². The Morgan fingerprint density at radius 3 is 2.77 bits per heavy atom. The first-order chi connectivity index (χ1) is 10.5. The molecule has 0 radical (unpaired) electrons. The highest BCUT2D eigenvalue weighted by Gasteiger charge is 2.15. The molecule has 0 aliphatic carbocycles. The molecule has 0 fully saturated rings. The van der Waals surface area contributed by atoms with Gasteiger partial charge < -0.3 is 10.6 Å². The predicted molar refractivity (Wildman–Crippen MR) is 78.7 cm³/mol. The second-order valence-electron chi connectivity index (χ2n) is 3.91. The summed E-state index contributed by atoms with van der Waals surface area (Å²) in [7, 11) is 0. The highest BCUT2D eigenvalue weighted by atomic mass is 35.5. The van der Waals surface area contributed by atoms with Gasteiger partial charge in [-0.25, -0.2) is 0 Å². The van der Waals surface area contributed by atoms with Gasteiger partial charge in [-0.2, -0.15) is 10.5 Å². The number of nitro groups is 1. The molecule has 0 atom stereocenters. The summed E-state index contributed by atoms with van der Waals surface area (Å²) in [6.45, 7) is 0.293. The molecule has 0 aromatic heterocycles. The van der Waals surface area contributed by atoms with Crippen LogP contribution in [0.25, 0.3) is 0 Å². The summed E-state index contributed by atoms with van der Waals surface area (Å²) in [5, 5.41) is 33.0. The van der Waals surface area contributed by atoms with Gasteiger partial charge in [-0.15, -0.1) is 0 Å². The molecule has 0 bridgehead atoms. The van der Waals surface area contributed by atoms with Gasteiger partial charge in [0.05, 0.1) is 17.4 Å². The molecule has 1 aromatic rings. The van der Waals surface area contributed by atoms with Crippen molar-refractivity contribution in [3.8, 4) is 12.1 Å². The quantitative estimate of drug-likeness (QED) is 0.271. The smallest absolute Gasteiger partial charge is 0.289 e. The number of nitro benzene ring substituents is 1. The minimum atomic E-state index is -0.733. The van der Waals surface area contributed by atoms with Crippen molar-refractivity contribution in [2.75, 3.05) is 11.9 Å². The molecule has 0 aliphatic rings.